The molecule has 0 amide bonds. The van der Waals surface area contributed by atoms with E-state index in [2.05, 4.69) is 16.0 Å². The monoisotopic (exact) mass is 328 g/mol. The van der Waals surface area contributed by atoms with Crippen molar-refractivity contribution in [2.24, 2.45) is 22.7 Å². The number of nitrogens with zero attached hydrogens (tertiary/aromatic N) is 2. The number of Topliss-reactive ketones (excluding diaryl/α,β-unsaturated/α-hetero) is 1. The topological polar surface area (TPSA) is 32.7 Å². The average Bonchev–Trinajstić information content (AvgIpc) is 2.59. The molecule has 0 N–H and O–H groups in total. The Morgan fingerprint density at radius 3 is 2.79 bits per heavy atom. The van der Waals surface area contributed by atoms with Gasteiger partial charge in [-0.15, -0.1) is 0 Å². The van der Waals surface area contributed by atoms with Crippen LogP contribution in [0.1, 0.15) is 64.2 Å². The summed E-state index contributed by atoms with van der Waals surface area (Å²) in [6.45, 7) is 2.28. The summed E-state index contributed by atoms with van der Waals surface area (Å²) in [4.78, 5) is 20.2. The fourth-order valence-electron chi connectivity index (χ4n) is 5.31. The molecule has 4 aliphatic rings. The van der Waals surface area contributed by atoms with Gasteiger partial charge in [0, 0.05) is 43.6 Å². The van der Waals surface area contributed by atoms with Gasteiger partial charge < -0.3 is 0 Å². The first-order valence-corrected chi connectivity index (χ1v) is 10.2. The van der Waals surface area contributed by atoms with Gasteiger partial charge in [-0.1, -0.05) is 18.1 Å². The first-order valence-electron chi connectivity index (χ1n) is 10.2. The predicted octanol–water partition coefficient (Wildman–Crippen LogP) is 4.03. The Morgan fingerprint density at radius 1 is 1.17 bits per heavy atom. The van der Waals surface area contributed by atoms with Crippen molar-refractivity contribution in [1.29, 1.82) is 0 Å². The Balaban J connectivity index is 1.37. The molecule has 0 spiro atoms. The predicted molar refractivity (Wildman–Crippen MR) is 98.5 cm³/mol. The molecule has 0 aromatic rings. The molecule has 132 valence electrons. The van der Waals surface area contributed by atoms with Crippen molar-refractivity contribution in [1.82, 2.24) is 4.90 Å². The maximum Gasteiger partial charge on any atom is 0.140 e. The van der Waals surface area contributed by atoms with Crippen molar-refractivity contribution in [3.05, 3.63) is 11.6 Å². The van der Waals surface area contributed by atoms with Crippen molar-refractivity contribution >= 4 is 11.5 Å². The van der Waals surface area contributed by atoms with Crippen LogP contribution < -0.4 is 0 Å². The highest BCUT2D eigenvalue weighted by Gasteiger charge is 2.37. The SMILES string of the molecule is CN=C1CCC2CC(C(=O)[C@H]3CCCN(C4CCC4)C3)CC=C2C1. The van der Waals surface area contributed by atoms with Crippen LogP contribution in [0.15, 0.2) is 16.6 Å². The highest BCUT2D eigenvalue weighted by Crippen LogP contribution is 2.40. The third-order valence-corrected chi connectivity index (χ3v) is 7.11. The molecule has 0 bridgehead atoms. The van der Waals surface area contributed by atoms with E-state index >= 15 is 0 Å². The van der Waals surface area contributed by atoms with E-state index in [9.17, 15) is 4.79 Å². The van der Waals surface area contributed by atoms with Crippen LogP contribution in [0.2, 0.25) is 0 Å². The molecule has 3 heteroatoms. The van der Waals surface area contributed by atoms with Gasteiger partial charge >= 0.3 is 0 Å². The lowest BCUT2D eigenvalue weighted by Gasteiger charge is -2.43. The Labute approximate surface area is 146 Å². The Hall–Kier alpha value is -0.960. The number of hydrogen-bond acceptors (Lipinski definition) is 3. The van der Waals surface area contributed by atoms with Gasteiger partial charge in [0.2, 0.25) is 0 Å². The highest BCUT2D eigenvalue weighted by molar-refractivity contribution is 5.88. The molecule has 2 saturated carbocycles. The molecule has 3 atom stereocenters. The third kappa shape index (κ3) is 3.24. The van der Waals surface area contributed by atoms with E-state index in [-0.39, 0.29) is 0 Å². The molecule has 3 nitrogen and oxygen atoms in total. The number of aliphatic imine (C=N–C) groups is 1. The lowest BCUT2D eigenvalue weighted by atomic mass is 9.70. The van der Waals surface area contributed by atoms with Crippen molar-refractivity contribution in [3.63, 3.8) is 0 Å². The van der Waals surface area contributed by atoms with Crippen LogP contribution in [-0.4, -0.2) is 42.6 Å². The number of hydrogen-bond donors (Lipinski definition) is 0. The summed E-state index contributed by atoms with van der Waals surface area (Å²) in [5, 5.41) is 0. The van der Waals surface area contributed by atoms with Gasteiger partial charge in [-0.3, -0.25) is 14.7 Å². The number of ketones is 1. The van der Waals surface area contributed by atoms with Crippen LogP contribution in [0, 0.1) is 17.8 Å². The van der Waals surface area contributed by atoms with E-state index in [1.54, 1.807) is 5.57 Å². The lowest BCUT2D eigenvalue weighted by Crippen LogP contribution is -2.48. The summed E-state index contributed by atoms with van der Waals surface area (Å²) in [5.41, 5.74) is 2.93. The van der Waals surface area contributed by atoms with Crippen LogP contribution in [0.4, 0.5) is 0 Å². The van der Waals surface area contributed by atoms with E-state index in [0.717, 1.165) is 44.7 Å². The van der Waals surface area contributed by atoms with Crippen LogP contribution in [0.25, 0.3) is 0 Å². The number of fused-ring (bicyclic) bond motifs is 1. The normalized spacial score (nSPS) is 36.8. The fourth-order valence-corrected chi connectivity index (χ4v) is 5.31. The van der Waals surface area contributed by atoms with Gasteiger partial charge in [-0.05, 0) is 63.8 Å². The number of carbonyl (C=O) groups is 1. The zero-order valence-electron chi connectivity index (χ0n) is 15.2. The highest BCUT2D eigenvalue weighted by atomic mass is 16.1. The number of rotatable bonds is 3. The van der Waals surface area contributed by atoms with Crippen LogP contribution >= 0.6 is 0 Å². The van der Waals surface area contributed by atoms with Gasteiger partial charge in [0.15, 0.2) is 0 Å². The number of piperidine rings is 1. The molecular formula is C21H32N2O. The van der Waals surface area contributed by atoms with Crippen molar-refractivity contribution in [2.75, 3.05) is 20.1 Å². The molecule has 1 heterocycles. The molecule has 3 fully saturated rings. The summed E-state index contributed by atoms with van der Waals surface area (Å²) in [7, 11) is 1.92. The van der Waals surface area contributed by atoms with Gasteiger partial charge in [-0.25, -0.2) is 0 Å². The van der Waals surface area contributed by atoms with Gasteiger partial charge in [0.25, 0.3) is 0 Å². The van der Waals surface area contributed by atoms with Crippen LogP contribution in [-0.2, 0) is 4.79 Å². The van der Waals surface area contributed by atoms with E-state index in [0.29, 0.717) is 23.5 Å². The Kier molecular flexibility index (Phi) is 4.89. The van der Waals surface area contributed by atoms with Gasteiger partial charge in [0.1, 0.15) is 5.78 Å². The van der Waals surface area contributed by atoms with Crippen molar-refractivity contribution < 1.29 is 4.79 Å². The van der Waals surface area contributed by atoms with Crippen molar-refractivity contribution in [3.8, 4) is 0 Å². The summed E-state index contributed by atoms with van der Waals surface area (Å²) in [6, 6.07) is 0.795. The van der Waals surface area contributed by atoms with Crippen molar-refractivity contribution in [2.45, 2.75) is 70.3 Å². The maximum atomic E-state index is 13.1. The lowest BCUT2D eigenvalue weighted by molar-refractivity contribution is -0.129. The number of allylic oxidation sites excluding steroid dienone is 2. The standard InChI is InChI=1S/C21H32N2O/c1-22-19-10-9-15-12-17(8-7-16(15)13-19)21(24)18-4-3-11-23(14-18)20-5-2-6-20/h7,15,17-18,20H,2-6,8-14H2,1H3/t15?,17?,18-/m0/s1. The fraction of sp³-hybridized carbons (Fsp3) is 0.810. The molecule has 1 aliphatic heterocycles. The second-order valence-corrected chi connectivity index (χ2v) is 8.47. The third-order valence-electron chi connectivity index (χ3n) is 7.11. The largest absolute Gasteiger partial charge is 0.300 e. The minimum atomic E-state index is 0.296. The summed E-state index contributed by atoms with van der Waals surface area (Å²) < 4.78 is 0. The quantitative estimate of drug-likeness (QED) is 0.733. The van der Waals surface area contributed by atoms with E-state index in [1.807, 2.05) is 7.05 Å². The van der Waals surface area contributed by atoms with Gasteiger partial charge in [-0.2, -0.15) is 0 Å². The molecule has 0 radical (unpaired) electrons. The molecular weight excluding hydrogens is 296 g/mol. The molecule has 24 heavy (non-hydrogen) atoms. The second-order valence-electron chi connectivity index (χ2n) is 8.47. The first kappa shape index (κ1) is 16.5. The van der Waals surface area contributed by atoms with Gasteiger partial charge in [0.05, 0.1) is 0 Å². The van der Waals surface area contributed by atoms with Crippen LogP contribution in [0.3, 0.4) is 0 Å². The zero-order chi connectivity index (χ0) is 16.5. The second kappa shape index (κ2) is 7.11. The molecule has 4 rings (SSSR count). The smallest absolute Gasteiger partial charge is 0.140 e. The minimum Gasteiger partial charge on any atom is -0.300 e. The summed E-state index contributed by atoms with van der Waals surface area (Å²) in [5.74, 6) is 1.86. The molecule has 0 aromatic carbocycles. The Bertz CT molecular complexity index is 546. The van der Waals surface area contributed by atoms with Crippen LogP contribution in [0.5, 0.6) is 0 Å². The van der Waals surface area contributed by atoms with E-state index in [4.69, 9.17) is 0 Å². The van der Waals surface area contributed by atoms with E-state index < -0.39 is 0 Å². The Morgan fingerprint density at radius 2 is 2.04 bits per heavy atom. The maximum absolute atomic E-state index is 13.1. The molecule has 3 aliphatic carbocycles. The summed E-state index contributed by atoms with van der Waals surface area (Å²) >= 11 is 0. The average molecular weight is 329 g/mol. The molecule has 2 unspecified atom stereocenters. The zero-order valence-corrected chi connectivity index (χ0v) is 15.2. The summed E-state index contributed by atoms with van der Waals surface area (Å²) in [6.07, 6.45) is 14.4. The number of likely N-dealkylation sites (tertiary alicyclic amines) is 1. The first-order chi connectivity index (χ1) is 11.7. The minimum absolute atomic E-state index is 0.296. The number of carbonyl (C=O) groups excluding carboxylic acids is 1. The molecule has 1 saturated heterocycles. The van der Waals surface area contributed by atoms with E-state index in [1.165, 1.54) is 44.4 Å². The molecule has 0 aromatic heterocycles.